The van der Waals surface area contributed by atoms with Crippen LogP contribution in [0.3, 0.4) is 0 Å². The van der Waals surface area contributed by atoms with E-state index in [1.165, 1.54) is 0 Å². The second-order valence-electron chi connectivity index (χ2n) is 4.68. The van der Waals surface area contributed by atoms with Gasteiger partial charge in [0, 0.05) is 17.8 Å². The van der Waals surface area contributed by atoms with Crippen LogP contribution in [-0.2, 0) is 6.42 Å². The minimum atomic E-state index is -0.150. The van der Waals surface area contributed by atoms with Crippen LogP contribution in [0.1, 0.15) is 34.8 Å². The number of nitrogens with one attached hydrogen (secondary N) is 1. The van der Waals surface area contributed by atoms with Crippen molar-refractivity contribution in [3.8, 4) is 0 Å². The maximum atomic E-state index is 13.3. The van der Waals surface area contributed by atoms with Crippen molar-refractivity contribution in [2.75, 3.05) is 6.54 Å². The van der Waals surface area contributed by atoms with Crippen LogP contribution in [0, 0.1) is 19.7 Å². The number of thiazole rings is 1. The molecular formula is C15H19FN2S. The van der Waals surface area contributed by atoms with E-state index in [9.17, 15) is 4.39 Å². The van der Waals surface area contributed by atoms with Crippen LogP contribution in [0.15, 0.2) is 23.6 Å². The van der Waals surface area contributed by atoms with Gasteiger partial charge < -0.3 is 5.32 Å². The fourth-order valence-corrected chi connectivity index (χ4v) is 2.78. The van der Waals surface area contributed by atoms with E-state index in [2.05, 4.69) is 22.6 Å². The number of nitrogens with zero attached hydrogens (tertiary/aromatic N) is 1. The van der Waals surface area contributed by atoms with Gasteiger partial charge in [-0.15, -0.1) is 11.3 Å². The molecule has 102 valence electrons. The Kier molecular flexibility index (Phi) is 4.66. The number of aryl methyl sites for hydroxylation is 2. The van der Waals surface area contributed by atoms with Crippen LogP contribution in [0.4, 0.5) is 4.39 Å². The maximum absolute atomic E-state index is 13.3. The first-order valence-electron chi connectivity index (χ1n) is 6.50. The Labute approximate surface area is 117 Å². The highest BCUT2D eigenvalue weighted by atomic mass is 32.1. The average molecular weight is 278 g/mol. The third-order valence-electron chi connectivity index (χ3n) is 3.11. The predicted molar refractivity (Wildman–Crippen MR) is 78.1 cm³/mol. The summed E-state index contributed by atoms with van der Waals surface area (Å²) in [6.07, 6.45) is 0.837. The molecule has 1 N–H and O–H groups in total. The smallest absolute Gasteiger partial charge is 0.126 e. The molecule has 1 atom stereocenters. The van der Waals surface area contributed by atoms with Crippen molar-refractivity contribution in [3.05, 3.63) is 51.2 Å². The summed E-state index contributed by atoms with van der Waals surface area (Å²) in [7, 11) is 0. The normalized spacial score (nSPS) is 12.6. The number of rotatable bonds is 5. The first-order chi connectivity index (χ1) is 9.10. The number of hydrogen-bond acceptors (Lipinski definition) is 3. The standard InChI is InChI=1S/C15H19FN2S/c1-4-17-15(8-13-9-19-11(3)18-13)12-5-6-14(16)10(2)7-12/h5-7,9,15,17H,4,8H2,1-3H3. The summed E-state index contributed by atoms with van der Waals surface area (Å²) < 4.78 is 13.3. The Bertz CT molecular complexity index is 551. The van der Waals surface area contributed by atoms with Crippen LogP contribution >= 0.6 is 11.3 Å². The highest BCUT2D eigenvalue weighted by molar-refractivity contribution is 7.09. The lowest BCUT2D eigenvalue weighted by molar-refractivity contribution is 0.541. The Morgan fingerprint density at radius 2 is 2.16 bits per heavy atom. The van der Waals surface area contributed by atoms with Crippen molar-refractivity contribution in [3.63, 3.8) is 0 Å². The van der Waals surface area contributed by atoms with Gasteiger partial charge in [0.1, 0.15) is 5.82 Å². The van der Waals surface area contributed by atoms with Crippen molar-refractivity contribution in [2.45, 2.75) is 33.2 Å². The summed E-state index contributed by atoms with van der Waals surface area (Å²) in [5, 5.41) is 6.62. The van der Waals surface area contributed by atoms with Gasteiger partial charge in [-0.1, -0.05) is 19.1 Å². The Balaban J connectivity index is 2.21. The van der Waals surface area contributed by atoms with Gasteiger partial charge in [0.25, 0.3) is 0 Å². The second-order valence-corrected chi connectivity index (χ2v) is 5.74. The van der Waals surface area contributed by atoms with E-state index in [1.807, 2.05) is 19.1 Å². The topological polar surface area (TPSA) is 24.9 Å². The molecule has 4 heteroatoms. The lowest BCUT2D eigenvalue weighted by Crippen LogP contribution is -2.23. The molecule has 0 aliphatic rings. The van der Waals surface area contributed by atoms with Gasteiger partial charge in [-0.25, -0.2) is 9.37 Å². The van der Waals surface area contributed by atoms with Crippen molar-refractivity contribution >= 4 is 11.3 Å². The van der Waals surface area contributed by atoms with Gasteiger partial charge in [-0.2, -0.15) is 0 Å². The first kappa shape index (κ1) is 14.2. The molecule has 0 bridgehead atoms. The average Bonchev–Trinajstić information content (AvgIpc) is 2.78. The van der Waals surface area contributed by atoms with Gasteiger partial charge in [-0.05, 0) is 37.6 Å². The molecule has 2 aromatic rings. The minimum absolute atomic E-state index is 0.150. The molecule has 2 rings (SSSR count). The fourth-order valence-electron chi connectivity index (χ4n) is 2.15. The highest BCUT2D eigenvalue weighted by Gasteiger charge is 2.14. The third-order valence-corrected chi connectivity index (χ3v) is 3.94. The van der Waals surface area contributed by atoms with Crippen LogP contribution < -0.4 is 5.32 Å². The maximum Gasteiger partial charge on any atom is 0.126 e. The van der Waals surface area contributed by atoms with E-state index in [1.54, 1.807) is 24.3 Å². The van der Waals surface area contributed by atoms with Gasteiger partial charge in [0.05, 0.1) is 10.7 Å². The van der Waals surface area contributed by atoms with Crippen molar-refractivity contribution in [1.82, 2.24) is 10.3 Å². The molecule has 1 aromatic heterocycles. The lowest BCUT2D eigenvalue weighted by Gasteiger charge is -2.18. The summed E-state index contributed by atoms with van der Waals surface area (Å²) in [6, 6.07) is 5.50. The molecule has 0 aliphatic carbocycles. The van der Waals surface area contributed by atoms with E-state index in [4.69, 9.17) is 0 Å². The van der Waals surface area contributed by atoms with Crippen LogP contribution in [-0.4, -0.2) is 11.5 Å². The predicted octanol–water partition coefficient (Wildman–Crippen LogP) is 3.79. The van der Waals surface area contributed by atoms with E-state index in [0.717, 1.165) is 29.2 Å². The molecule has 1 aromatic carbocycles. The summed E-state index contributed by atoms with van der Waals surface area (Å²) in [4.78, 5) is 4.50. The number of hydrogen-bond donors (Lipinski definition) is 1. The van der Waals surface area contributed by atoms with Crippen molar-refractivity contribution in [2.24, 2.45) is 0 Å². The number of halogens is 1. The molecule has 0 saturated carbocycles. The molecule has 1 heterocycles. The summed E-state index contributed by atoms with van der Waals surface area (Å²) in [5.41, 5.74) is 2.90. The molecular weight excluding hydrogens is 259 g/mol. The van der Waals surface area contributed by atoms with Crippen LogP contribution in [0.25, 0.3) is 0 Å². The largest absolute Gasteiger partial charge is 0.310 e. The Morgan fingerprint density at radius 1 is 1.37 bits per heavy atom. The zero-order valence-electron chi connectivity index (χ0n) is 11.5. The molecule has 0 amide bonds. The zero-order valence-corrected chi connectivity index (χ0v) is 12.4. The molecule has 19 heavy (non-hydrogen) atoms. The molecule has 2 nitrogen and oxygen atoms in total. The van der Waals surface area contributed by atoms with Crippen molar-refractivity contribution < 1.29 is 4.39 Å². The van der Waals surface area contributed by atoms with E-state index < -0.39 is 0 Å². The van der Waals surface area contributed by atoms with Crippen LogP contribution in [0.5, 0.6) is 0 Å². The molecule has 0 saturated heterocycles. The second kappa shape index (κ2) is 6.26. The molecule has 0 spiro atoms. The van der Waals surface area contributed by atoms with Gasteiger partial charge in [0.15, 0.2) is 0 Å². The quantitative estimate of drug-likeness (QED) is 0.900. The summed E-state index contributed by atoms with van der Waals surface area (Å²) >= 11 is 1.67. The summed E-state index contributed by atoms with van der Waals surface area (Å²) in [6.45, 7) is 6.77. The number of benzene rings is 1. The number of aromatic nitrogens is 1. The third kappa shape index (κ3) is 3.61. The van der Waals surface area contributed by atoms with E-state index in [0.29, 0.717) is 5.56 Å². The summed E-state index contributed by atoms with van der Waals surface area (Å²) in [5.74, 6) is -0.150. The molecule has 1 unspecified atom stereocenters. The Morgan fingerprint density at radius 3 is 2.74 bits per heavy atom. The molecule has 0 radical (unpaired) electrons. The Hall–Kier alpha value is -1.26. The van der Waals surface area contributed by atoms with E-state index >= 15 is 0 Å². The first-order valence-corrected chi connectivity index (χ1v) is 7.38. The van der Waals surface area contributed by atoms with Gasteiger partial charge >= 0.3 is 0 Å². The SMILES string of the molecule is CCNC(Cc1csc(C)n1)c1ccc(F)c(C)c1. The highest BCUT2D eigenvalue weighted by Crippen LogP contribution is 2.21. The zero-order chi connectivity index (χ0) is 13.8. The monoisotopic (exact) mass is 278 g/mol. The molecule has 0 fully saturated rings. The molecule has 0 aliphatic heterocycles. The van der Waals surface area contributed by atoms with Crippen molar-refractivity contribution in [1.29, 1.82) is 0 Å². The minimum Gasteiger partial charge on any atom is -0.310 e. The lowest BCUT2D eigenvalue weighted by atomic mass is 10.00. The fraction of sp³-hybridized carbons (Fsp3) is 0.400. The van der Waals surface area contributed by atoms with Crippen LogP contribution in [0.2, 0.25) is 0 Å². The van der Waals surface area contributed by atoms with Gasteiger partial charge in [0.2, 0.25) is 0 Å². The van der Waals surface area contributed by atoms with Gasteiger partial charge in [-0.3, -0.25) is 0 Å². The number of likely N-dealkylation sites (N-methyl/N-ethyl adjacent to an activating group) is 1. The van der Waals surface area contributed by atoms with E-state index in [-0.39, 0.29) is 11.9 Å².